The lowest BCUT2D eigenvalue weighted by Gasteiger charge is -2.39. The Balaban J connectivity index is 1.71. The first kappa shape index (κ1) is 40.7. The number of nitrogens with one attached hydrogen (secondary N) is 4. The van der Waals surface area contributed by atoms with Gasteiger partial charge in [0.1, 0.15) is 28.5 Å². The Kier molecular flexibility index (Phi) is 12.5. The summed E-state index contributed by atoms with van der Waals surface area (Å²) in [5.74, 6) is -2.10. The number of aromatic nitrogens is 1. The number of oxime groups is 1. The molecule has 2 atom stereocenters. The summed E-state index contributed by atoms with van der Waals surface area (Å²) < 4.78 is 15.9. The average Bonchev–Trinajstić information content (AvgIpc) is 3.54. The number of anilines is 1. The van der Waals surface area contributed by atoms with Gasteiger partial charge in [-0.3, -0.25) is 14.9 Å². The molecule has 0 bridgehead atoms. The number of urea groups is 1. The molecule has 0 saturated carbocycles. The number of carbonyl (C=O) groups is 6. The van der Waals surface area contributed by atoms with Crippen molar-refractivity contribution in [2.45, 2.75) is 111 Å². The number of rotatable bonds is 12. The van der Waals surface area contributed by atoms with E-state index in [4.69, 9.17) is 19.0 Å². The van der Waals surface area contributed by atoms with E-state index in [9.17, 15) is 28.8 Å². The standard InChI is InChI=1S/C32H50N8O10S/c1-29(2,3)47-24(43)32(10,11)50-38-21(19-17-51-25(35-19)37-27(45)49-31(7,8)9)23(42)36-20-18(34-22(20)41)16-40-15-14-39(28(40)46)13-12-33-26(44)48-30(4,5)6/h17-18,20H,12-16H2,1-11H3,(H,33,44)(H,34,41)(H,36,42)(H,35,37,45)/t18-,20+/m1/s1. The number of hydrogen-bond acceptors (Lipinski definition) is 13. The van der Waals surface area contributed by atoms with Crippen LogP contribution in [0.15, 0.2) is 10.5 Å². The first-order valence-electron chi connectivity index (χ1n) is 16.4. The Labute approximate surface area is 301 Å². The summed E-state index contributed by atoms with van der Waals surface area (Å²) in [6, 6.07) is -1.97. The van der Waals surface area contributed by atoms with E-state index >= 15 is 0 Å². The van der Waals surface area contributed by atoms with Crippen molar-refractivity contribution in [3.63, 3.8) is 0 Å². The minimum Gasteiger partial charge on any atom is -0.457 e. The minimum atomic E-state index is -1.63. The zero-order valence-corrected chi connectivity index (χ0v) is 31.9. The second kappa shape index (κ2) is 15.7. The molecule has 19 heteroatoms. The van der Waals surface area contributed by atoms with Crippen LogP contribution in [0.4, 0.5) is 19.5 Å². The molecule has 2 fully saturated rings. The number of ether oxygens (including phenoxy) is 3. The third kappa shape index (κ3) is 12.6. The van der Waals surface area contributed by atoms with Crippen LogP contribution >= 0.6 is 11.3 Å². The Hall–Kier alpha value is -4.68. The van der Waals surface area contributed by atoms with E-state index in [0.29, 0.717) is 13.1 Å². The van der Waals surface area contributed by atoms with Gasteiger partial charge >= 0.3 is 24.2 Å². The SMILES string of the molecule is CC(C)(C)OC(=O)NCCN1CCN(C[C@H]2NC(=O)[C@H]2NC(=O)C(=NOC(C)(C)C(=O)OC(C)(C)C)c2csc(NC(=O)OC(C)(C)C)n2)C1=O. The minimum absolute atomic E-state index is 0.0230. The van der Waals surface area contributed by atoms with Gasteiger partial charge in [0, 0.05) is 38.1 Å². The molecule has 0 spiro atoms. The van der Waals surface area contributed by atoms with E-state index < -0.39 is 64.5 Å². The molecule has 0 unspecified atom stereocenters. The van der Waals surface area contributed by atoms with Gasteiger partial charge in [-0.15, -0.1) is 11.3 Å². The lowest BCUT2D eigenvalue weighted by Crippen LogP contribution is -2.72. The highest BCUT2D eigenvalue weighted by atomic mass is 32.1. The van der Waals surface area contributed by atoms with E-state index in [-0.39, 0.29) is 42.2 Å². The predicted octanol–water partition coefficient (Wildman–Crippen LogP) is 2.58. The van der Waals surface area contributed by atoms with Crippen LogP contribution in [0.3, 0.4) is 0 Å². The van der Waals surface area contributed by atoms with Crippen LogP contribution in [0.25, 0.3) is 0 Å². The molecule has 4 N–H and O–H groups in total. The third-order valence-corrected chi connectivity index (χ3v) is 7.53. The van der Waals surface area contributed by atoms with Gasteiger partial charge < -0.3 is 44.8 Å². The molecule has 6 amide bonds. The first-order valence-corrected chi connectivity index (χ1v) is 17.3. The second-order valence-corrected chi connectivity index (χ2v) is 16.3. The van der Waals surface area contributed by atoms with Crippen molar-refractivity contribution >= 4 is 58.2 Å². The van der Waals surface area contributed by atoms with Crippen molar-refractivity contribution in [2.24, 2.45) is 5.16 Å². The quantitative estimate of drug-likeness (QED) is 0.0803. The molecule has 1 aromatic heterocycles. The summed E-state index contributed by atoms with van der Waals surface area (Å²) in [5.41, 5.74) is -4.29. The highest BCUT2D eigenvalue weighted by molar-refractivity contribution is 7.14. The van der Waals surface area contributed by atoms with E-state index in [0.717, 1.165) is 11.3 Å². The van der Waals surface area contributed by atoms with Gasteiger partial charge in [0.2, 0.25) is 11.5 Å². The fourth-order valence-corrected chi connectivity index (χ4v) is 5.14. The molecule has 3 rings (SSSR count). The lowest BCUT2D eigenvalue weighted by atomic mass is 9.98. The molecule has 0 aromatic carbocycles. The topological polar surface area (TPSA) is 219 Å². The van der Waals surface area contributed by atoms with Crippen molar-refractivity contribution < 1.29 is 47.8 Å². The molecule has 2 aliphatic heterocycles. The molecule has 51 heavy (non-hydrogen) atoms. The number of hydrogen-bond donors (Lipinski definition) is 4. The molecule has 284 valence electrons. The molecule has 2 saturated heterocycles. The summed E-state index contributed by atoms with van der Waals surface area (Å²) in [6.45, 7) is 19.5. The van der Waals surface area contributed by atoms with Gasteiger partial charge in [-0.1, -0.05) is 5.16 Å². The first-order chi connectivity index (χ1) is 23.3. The van der Waals surface area contributed by atoms with Gasteiger partial charge in [-0.25, -0.2) is 24.2 Å². The van der Waals surface area contributed by atoms with Gasteiger partial charge in [0.15, 0.2) is 10.8 Å². The molecular formula is C32H50N8O10S. The van der Waals surface area contributed by atoms with Gasteiger partial charge in [0.25, 0.3) is 5.91 Å². The monoisotopic (exact) mass is 738 g/mol. The summed E-state index contributed by atoms with van der Waals surface area (Å²) >= 11 is 0.979. The highest BCUT2D eigenvalue weighted by Gasteiger charge is 2.44. The smallest absolute Gasteiger partial charge is 0.413 e. The Morgan fingerprint density at radius 1 is 0.902 bits per heavy atom. The fourth-order valence-electron chi connectivity index (χ4n) is 4.46. The van der Waals surface area contributed by atoms with Gasteiger partial charge in [0.05, 0.1) is 6.04 Å². The van der Waals surface area contributed by atoms with Crippen molar-refractivity contribution in [1.82, 2.24) is 30.7 Å². The molecule has 18 nitrogen and oxygen atoms in total. The predicted molar refractivity (Wildman–Crippen MR) is 186 cm³/mol. The van der Waals surface area contributed by atoms with Crippen LogP contribution in [0.1, 0.15) is 81.9 Å². The largest absolute Gasteiger partial charge is 0.457 e. The molecule has 2 aliphatic rings. The average molecular weight is 739 g/mol. The van der Waals surface area contributed by atoms with Crippen molar-refractivity contribution in [3.8, 4) is 0 Å². The maximum atomic E-state index is 13.7. The number of β-lactam (4-membered cyclic amide) rings is 1. The zero-order chi connectivity index (χ0) is 38.5. The maximum absolute atomic E-state index is 13.7. The summed E-state index contributed by atoms with van der Waals surface area (Å²) in [4.78, 5) is 89.3. The van der Waals surface area contributed by atoms with E-state index in [1.165, 1.54) is 24.1 Å². The Morgan fingerprint density at radius 3 is 2.08 bits per heavy atom. The molecule has 0 radical (unpaired) electrons. The zero-order valence-electron chi connectivity index (χ0n) is 31.0. The number of thiazole rings is 1. The number of nitrogens with zero attached hydrogens (tertiary/aromatic N) is 4. The third-order valence-electron chi connectivity index (χ3n) is 6.77. The summed E-state index contributed by atoms with van der Waals surface area (Å²) in [5, 5.41) is 15.9. The van der Waals surface area contributed by atoms with Crippen LogP contribution < -0.4 is 21.3 Å². The summed E-state index contributed by atoms with van der Waals surface area (Å²) in [6.07, 6.45) is -1.35. The van der Waals surface area contributed by atoms with Gasteiger partial charge in [-0.2, -0.15) is 0 Å². The number of carbonyl (C=O) groups excluding carboxylic acids is 6. The molecular weight excluding hydrogens is 688 g/mol. The molecule has 0 aliphatic carbocycles. The van der Waals surface area contributed by atoms with Crippen LogP contribution in [0, 0.1) is 0 Å². The van der Waals surface area contributed by atoms with Crippen LogP contribution in [-0.4, -0.2) is 124 Å². The maximum Gasteiger partial charge on any atom is 0.413 e. The van der Waals surface area contributed by atoms with E-state index in [1.54, 1.807) is 67.2 Å². The number of amides is 6. The van der Waals surface area contributed by atoms with Crippen LogP contribution in [-0.2, 0) is 33.4 Å². The number of esters is 1. The second-order valence-electron chi connectivity index (χ2n) is 15.4. The Bertz CT molecular complexity index is 1520. The van der Waals surface area contributed by atoms with Crippen molar-refractivity contribution in [3.05, 3.63) is 11.1 Å². The molecule has 3 heterocycles. The van der Waals surface area contributed by atoms with Crippen LogP contribution in [0.2, 0.25) is 0 Å². The fraction of sp³-hybridized carbons (Fsp3) is 0.688. The van der Waals surface area contributed by atoms with Crippen molar-refractivity contribution in [1.29, 1.82) is 0 Å². The summed E-state index contributed by atoms with van der Waals surface area (Å²) in [7, 11) is 0. The normalized spacial score (nSPS) is 18.4. The lowest BCUT2D eigenvalue weighted by molar-refractivity contribution is -0.179. The highest BCUT2D eigenvalue weighted by Crippen LogP contribution is 2.22. The Morgan fingerprint density at radius 2 is 1.49 bits per heavy atom. The molecule has 1 aromatic rings. The van der Waals surface area contributed by atoms with Crippen LogP contribution in [0.5, 0.6) is 0 Å². The number of alkyl carbamates (subject to hydrolysis) is 1. The van der Waals surface area contributed by atoms with Crippen molar-refractivity contribution in [2.75, 3.05) is 38.0 Å². The van der Waals surface area contributed by atoms with E-state index in [1.807, 2.05) is 0 Å². The van der Waals surface area contributed by atoms with E-state index in [2.05, 4.69) is 31.4 Å². The van der Waals surface area contributed by atoms with Gasteiger partial charge in [-0.05, 0) is 76.2 Å².